The van der Waals surface area contributed by atoms with Crippen molar-refractivity contribution in [3.8, 4) is 22.6 Å². The monoisotopic (exact) mass is 306 g/mol. The van der Waals surface area contributed by atoms with Gasteiger partial charge in [0.1, 0.15) is 5.82 Å². The van der Waals surface area contributed by atoms with E-state index in [0.717, 1.165) is 17.7 Å². The molecular formula is C18H18N4O. The average molecular weight is 306 g/mol. The summed E-state index contributed by atoms with van der Waals surface area (Å²) in [4.78, 5) is 25.5. The number of rotatable bonds is 4. The van der Waals surface area contributed by atoms with Gasteiger partial charge in [0.25, 0.3) is 5.56 Å². The summed E-state index contributed by atoms with van der Waals surface area (Å²) in [5.74, 6) is 0.574. The molecule has 2 aromatic heterocycles. The fraction of sp³-hybridized carbons (Fsp3) is 0.167. The molecule has 0 unspecified atom stereocenters. The summed E-state index contributed by atoms with van der Waals surface area (Å²) >= 11 is 0. The van der Waals surface area contributed by atoms with Gasteiger partial charge in [-0.05, 0) is 37.9 Å². The van der Waals surface area contributed by atoms with Crippen LogP contribution in [0.25, 0.3) is 22.6 Å². The van der Waals surface area contributed by atoms with Crippen LogP contribution in [0.3, 0.4) is 0 Å². The molecule has 1 N–H and O–H groups in total. The normalized spacial score (nSPS) is 10.9. The minimum Gasteiger partial charge on any atom is -0.306 e. The zero-order chi connectivity index (χ0) is 16.2. The Hall–Kier alpha value is -2.79. The third kappa shape index (κ3) is 3.70. The van der Waals surface area contributed by atoms with E-state index in [4.69, 9.17) is 0 Å². The number of hydrogen-bond acceptors (Lipinski definition) is 4. The Bertz CT molecular complexity index is 856. The van der Waals surface area contributed by atoms with Gasteiger partial charge in [0.05, 0.1) is 5.69 Å². The standard InChI is InChI=1S/C18H18N4O/c1-22(2)12-13-4-3-5-15(10-13)18-20-16(11-17(23)21-18)14-6-8-19-9-7-14/h3-11H,12H2,1-2H3,(H,20,21,23). The molecule has 2 heterocycles. The Morgan fingerprint density at radius 1 is 1.04 bits per heavy atom. The second-order valence-electron chi connectivity index (χ2n) is 5.65. The summed E-state index contributed by atoms with van der Waals surface area (Å²) in [6.45, 7) is 0.835. The first-order valence-corrected chi connectivity index (χ1v) is 7.37. The van der Waals surface area contributed by atoms with Crippen molar-refractivity contribution in [2.24, 2.45) is 0 Å². The van der Waals surface area contributed by atoms with Crippen LogP contribution < -0.4 is 5.56 Å². The highest BCUT2D eigenvalue weighted by Gasteiger charge is 2.07. The van der Waals surface area contributed by atoms with E-state index in [2.05, 4.69) is 32.0 Å². The third-order valence-corrected chi connectivity index (χ3v) is 3.42. The van der Waals surface area contributed by atoms with Gasteiger partial charge >= 0.3 is 0 Å². The largest absolute Gasteiger partial charge is 0.306 e. The summed E-state index contributed by atoms with van der Waals surface area (Å²) in [7, 11) is 4.05. The summed E-state index contributed by atoms with van der Waals surface area (Å²) in [5.41, 5.74) is 3.42. The minimum atomic E-state index is -0.167. The molecule has 0 fully saturated rings. The second kappa shape index (κ2) is 6.54. The Balaban J connectivity index is 2.04. The molecule has 0 radical (unpaired) electrons. The first-order chi connectivity index (χ1) is 11.1. The lowest BCUT2D eigenvalue weighted by Gasteiger charge is -2.11. The van der Waals surface area contributed by atoms with Crippen LogP contribution in [0.15, 0.2) is 59.7 Å². The molecule has 0 atom stereocenters. The van der Waals surface area contributed by atoms with Gasteiger partial charge < -0.3 is 9.88 Å². The van der Waals surface area contributed by atoms with Crippen LogP contribution in [0, 0.1) is 0 Å². The van der Waals surface area contributed by atoms with Crippen LogP contribution in [0.5, 0.6) is 0 Å². The van der Waals surface area contributed by atoms with Crippen molar-refractivity contribution >= 4 is 0 Å². The molecule has 0 saturated heterocycles. The first-order valence-electron chi connectivity index (χ1n) is 7.37. The number of aromatic nitrogens is 3. The average Bonchev–Trinajstić information content (AvgIpc) is 2.55. The molecule has 3 rings (SSSR count). The van der Waals surface area contributed by atoms with Crippen molar-refractivity contribution < 1.29 is 0 Å². The molecule has 0 amide bonds. The molecule has 0 aliphatic rings. The molecule has 116 valence electrons. The lowest BCUT2D eigenvalue weighted by Crippen LogP contribution is -2.11. The van der Waals surface area contributed by atoms with Crippen molar-refractivity contribution in [3.63, 3.8) is 0 Å². The highest BCUT2D eigenvalue weighted by atomic mass is 16.1. The number of nitrogens with zero attached hydrogens (tertiary/aromatic N) is 3. The molecule has 0 saturated carbocycles. The minimum absolute atomic E-state index is 0.167. The summed E-state index contributed by atoms with van der Waals surface area (Å²) in [6, 6.07) is 13.2. The lowest BCUT2D eigenvalue weighted by atomic mass is 10.1. The molecule has 5 nitrogen and oxygen atoms in total. The zero-order valence-corrected chi connectivity index (χ0v) is 13.2. The maximum Gasteiger partial charge on any atom is 0.251 e. The van der Waals surface area contributed by atoms with Crippen molar-refractivity contribution in [2.75, 3.05) is 14.1 Å². The molecule has 0 aliphatic heterocycles. The zero-order valence-electron chi connectivity index (χ0n) is 13.2. The Kier molecular flexibility index (Phi) is 4.30. The molecular weight excluding hydrogens is 288 g/mol. The third-order valence-electron chi connectivity index (χ3n) is 3.42. The van der Waals surface area contributed by atoms with Gasteiger partial charge in [0.15, 0.2) is 0 Å². The number of H-pyrrole nitrogens is 1. The molecule has 3 aromatic rings. The maximum atomic E-state index is 12.0. The number of nitrogens with one attached hydrogen (secondary N) is 1. The molecule has 0 aliphatic carbocycles. The molecule has 1 aromatic carbocycles. The van der Waals surface area contributed by atoms with Gasteiger partial charge in [-0.15, -0.1) is 0 Å². The van der Waals surface area contributed by atoms with Crippen LogP contribution in [0.4, 0.5) is 0 Å². The Morgan fingerprint density at radius 3 is 2.57 bits per heavy atom. The number of pyridine rings is 1. The van der Waals surface area contributed by atoms with Crippen LogP contribution in [0.2, 0.25) is 0 Å². The van der Waals surface area contributed by atoms with E-state index in [-0.39, 0.29) is 5.56 Å². The number of benzene rings is 1. The second-order valence-corrected chi connectivity index (χ2v) is 5.65. The molecule has 23 heavy (non-hydrogen) atoms. The SMILES string of the molecule is CN(C)Cc1cccc(-c2nc(-c3ccncc3)cc(=O)[nH]2)c1. The lowest BCUT2D eigenvalue weighted by molar-refractivity contribution is 0.402. The van der Waals surface area contributed by atoms with Gasteiger partial charge in [-0.3, -0.25) is 9.78 Å². The highest BCUT2D eigenvalue weighted by Crippen LogP contribution is 2.20. The van der Waals surface area contributed by atoms with E-state index in [1.165, 1.54) is 11.6 Å². The fourth-order valence-corrected chi connectivity index (χ4v) is 2.45. The van der Waals surface area contributed by atoms with Crippen molar-refractivity contribution in [2.45, 2.75) is 6.54 Å². The summed E-state index contributed by atoms with van der Waals surface area (Å²) in [6.07, 6.45) is 3.38. The van der Waals surface area contributed by atoms with Gasteiger partial charge in [0, 0.05) is 36.1 Å². The van der Waals surface area contributed by atoms with Crippen molar-refractivity contribution in [1.82, 2.24) is 19.9 Å². The van der Waals surface area contributed by atoms with Gasteiger partial charge in [-0.25, -0.2) is 4.98 Å². The van der Waals surface area contributed by atoms with E-state index in [1.54, 1.807) is 12.4 Å². The number of aromatic amines is 1. The van der Waals surface area contributed by atoms with E-state index in [1.807, 2.05) is 38.4 Å². The quantitative estimate of drug-likeness (QED) is 0.804. The predicted molar refractivity (Wildman–Crippen MR) is 90.9 cm³/mol. The molecule has 5 heteroatoms. The van der Waals surface area contributed by atoms with E-state index >= 15 is 0 Å². The van der Waals surface area contributed by atoms with E-state index in [9.17, 15) is 4.79 Å². The molecule has 0 bridgehead atoms. The van der Waals surface area contributed by atoms with Crippen molar-refractivity contribution in [1.29, 1.82) is 0 Å². The Morgan fingerprint density at radius 2 is 1.83 bits per heavy atom. The van der Waals surface area contributed by atoms with Gasteiger partial charge in [0.2, 0.25) is 0 Å². The van der Waals surface area contributed by atoms with Crippen LogP contribution in [0.1, 0.15) is 5.56 Å². The van der Waals surface area contributed by atoms with E-state index < -0.39 is 0 Å². The van der Waals surface area contributed by atoms with Crippen LogP contribution in [-0.2, 0) is 6.54 Å². The van der Waals surface area contributed by atoms with Crippen LogP contribution >= 0.6 is 0 Å². The van der Waals surface area contributed by atoms with Gasteiger partial charge in [-0.2, -0.15) is 0 Å². The topological polar surface area (TPSA) is 61.9 Å². The Labute approximate surface area is 134 Å². The van der Waals surface area contributed by atoms with Crippen LogP contribution in [-0.4, -0.2) is 33.9 Å². The van der Waals surface area contributed by atoms with Gasteiger partial charge in [-0.1, -0.05) is 18.2 Å². The van der Waals surface area contributed by atoms with Crippen molar-refractivity contribution in [3.05, 3.63) is 70.8 Å². The number of hydrogen-bond donors (Lipinski definition) is 1. The molecule has 0 spiro atoms. The first kappa shape index (κ1) is 15.1. The smallest absolute Gasteiger partial charge is 0.251 e. The predicted octanol–water partition coefficient (Wildman–Crippen LogP) is 2.56. The summed E-state index contributed by atoms with van der Waals surface area (Å²) < 4.78 is 0. The maximum absolute atomic E-state index is 12.0. The fourth-order valence-electron chi connectivity index (χ4n) is 2.45. The summed E-state index contributed by atoms with van der Waals surface area (Å²) in [5, 5.41) is 0. The highest BCUT2D eigenvalue weighted by molar-refractivity contribution is 5.63. The van der Waals surface area contributed by atoms with E-state index in [0.29, 0.717) is 11.5 Å².